The second-order valence-electron chi connectivity index (χ2n) is 5.80. The Balaban J connectivity index is 2.09. The Kier molecular flexibility index (Phi) is 4.01. The van der Waals surface area contributed by atoms with E-state index in [1.54, 1.807) is 22.3 Å². The molecule has 0 saturated heterocycles. The van der Waals surface area contributed by atoms with Gasteiger partial charge in [-0.3, -0.25) is 9.59 Å². The molecule has 8 heteroatoms. The molecule has 26 heavy (non-hydrogen) atoms. The molecule has 3 heterocycles. The predicted molar refractivity (Wildman–Crippen MR) is 106 cm³/mol. The molecule has 4 rings (SSSR count). The van der Waals surface area contributed by atoms with Gasteiger partial charge < -0.3 is 10.7 Å². The van der Waals surface area contributed by atoms with Gasteiger partial charge in [-0.05, 0) is 34.5 Å². The Bertz CT molecular complexity index is 1220. The molecule has 0 aliphatic rings. The number of H-pyrrole nitrogens is 1. The number of amides is 1. The lowest BCUT2D eigenvalue weighted by Gasteiger charge is -2.03. The summed E-state index contributed by atoms with van der Waals surface area (Å²) >= 11 is 4.74. The number of aromatic amines is 1. The zero-order chi connectivity index (χ0) is 18.4. The molecule has 1 amide bonds. The molecule has 0 fully saturated rings. The molecule has 3 N–H and O–H groups in total. The largest absolute Gasteiger partial charge is 0.365 e. The van der Waals surface area contributed by atoms with Crippen molar-refractivity contribution in [1.29, 1.82) is 0 Å². The minimum atomic E-state index is -0.507. The van der Waals surface area contributed by atoms with Gasteiger partial charge in [0, 0.05) is 27.0 Å². The summed E-state index contributed by atoms with van der Waals surface area (Å²) in [4.78, 5) is 27.1. The molecule has 0 aliphatic carbocycles. The molecule has 130 valence electrons. The van der Waals surface area contributed by atoms with Crippen LogP contribution in [0.2, 0.25) is 0 Å². The fraction of sp³-hybridized carbons (Fsp3) is 0.0556. The zero-order valence-electron chi connectivity index (χ0n) is 13.6. The summed E-state index contributed by atoms with van der Waals surface area (Å²) in [5.74, 6) is -0.507. The first-order valence-electron chi connectivity index (χ1n) is 7.72. The van der Waals surface area contributed by atoms with Crippen molar-refractivity contribution in [1.82, 2.24) is 14.8 Å². The third-order valence-corrected chi connectivity index (χ3v) is 5.70. The minimum absolute atomic E-state index is 0.262. The number of benzene rings is 1. The lowest BCUT2D eigenvalue weighted by atomic mass is 10.0. The average molecular weight is 429 g/mol. The topological polar surface area (TPSA) is 93.8 Å². The van der Waals surface area contributed by atoms with E-state index in [9.17, 15) is 9.59 Å². The summed E-state index contributed by atoms with van der Waals surface area (Å²) in [5, 5.41) is 7.18. The van der Waals surface area contributed by atoms with Gasteiger partial charge in [0.2, 0.25) is 0 Å². The Morgan fingerprint density at radius 2 is 2.12 bits per heavy atom. The van der Waals surface area contributed by atoms with E-state index in [2.05, 4.69) is 20.9 Å². The van der Waals surface area contributed by atoms with Crippen LogP contribution in [0.3, 0.4) is 0 Å². The van der Waals surface area contributed by atoms with Crippen LogP contribution in [0.5, 0.6) is 0 Å². The predicted octanol–water partition coefficient (Wildman–Crippen LogP) is 3.61. The summed E-state index contributed by atoms with van der Waals surface area (Å²) in [5.41, 5.74) is 8.81. The van der Waals surface area contributed by atoms with E-state index < -0.39 is 5.91 Å². The summed E-state index contributed by atoms with van der Waals surface area (Å²) < 4.78 is 2.30. The molecule has 1 aromatic carbocycles. The first-order valence-corrected chi connectivity index (χ1v) is 9.39. The van der Waals surface area contributed by atoms with Gasteiger partial charge in [0.05, 0.1) is 10.6 Å². The fourth-order valence-electron chi connectivity index (χ4n) is 2.90. The van der Waals surface area contributed by atoms with Crippen molar-refractivity contribution in [2.45, 2.75) is 6.92 Å². The number of thiophene rings is 1. The van der Waals surface area contributed by atoms with Crippen LogP contribution < -0.4 is 11.3 Å². The highest BCUT2D eigenvalue weighted by molar-refractivity contribution is 9.10. The summed E-state index contributed by atoms with van der Waals surface area (Å²) in [6.07, 6.45) is 1.61. The van der Waals surface area contributed by atoms with Crippen LogP contribution in [-0.2, 0) is 0 Å². The van der Waals surface area contributed by atoms with Gasteiger partial charge in [-0.15, -0.1) is 11.3 Å². The Morgan fingerprint density at radius 1 is 1.35 bits per heavy atom. The van der Waals surface area contributed by atoms with Crippen molar-refractivity contribution in [3.8, 4) is 16.9 Å². The number of rotatable bonds is 3. The van der Waals surface area contributed by atoms with Crippen LogP contribution in [0.4, 0.5) is 0 Å². The molecule has 0 spiro atoms. The lowest BCUT2D eigenvalue weighted by molar-refractivity contribution is 0.100. The summed E-state index contributed by atoms with van der Waals surface area (Å²) in [6.45, 7) is 2.00. The molecule has 0 atom stereocenters. The zero-order valence-corrected chi connectivity index (χ0v) is 16.0. The second-order valence-corrected chi connectivity index (χ2v) is 7.56. The van der Waals surface area contributed by atoms with Crippen molar-refractivity contribution in [2.75, 3.05) is 0 Å². The highest BCUT2D eigenvalue weighted by Crippen LogP contribution is 2.34. The SMILES string of the molecule is Cc1ccccc1-c1nn(-c2csc(C(N)=O)c2)c2c(=O)[nH]cc(Br)c12. The Morgan fingerprint density at radius 3 is 2.81 bits per heavy atom. The van der Waals surface area contributed by atoms with E-state index in [1.165, 1.54) is 11.3 Å². The number of aryl methyl sites for hydroxylation is 1. The van der Waals surface area contributed by atoms with Gasteiger partial charge in [0.1, 0.15) is 11.2 Å². The molecule has 0 saturated carbocycles. The first-order chi connectivity index (χ1) is 12.5. The van der Waals surface area contributed by atoms with Gasteiger partial charge in [-0.2, -0.15) is 5.10 Å². The maximum absolute atomic E-state index is 12.6. The quantitative estimate of drug-likeness (QED) is 0.521. The number of nitrogens with zero attached hydrogens (tertiary/aromatic N) is 2. The molecule has 6 nitrogen and oxygen atoms in total. The number of primary amides is 1. The van der Waals surface area contributed by atoms with Crippen LogP contribution in [0.1, 0.15) is 15.2 Å². The fourth-order valence-corrected chi connectivity index (χ4v) is 4.11. The molecule has 3 aromatic heterocycles. The van der Waals surface area contributed by atoms with Gasteiger partial charge in [-0.25, -0.2) is 4.68 Å². The van der Waals surface area contributed by atoms with Crippen LogP contribution >= 0.6 is 27.3 Å². The van der Waals surface area contributed by atoms with E-state index in [0.717, 1.165) is 21.0 Å². The van der Waals surface area contributed by atoms with Gasteiger partial charge in [0.25, 0.3) is 11.5 Å². The maximum atomic E-state index is 12.6. The van der Waals surface area contributed by atoms with Crippen LogP contribution in [0.15, 0.2) is 51.2 Å². The van der Waals surface area contributed by atoms with E-state index in [-0.39, 0.29) is 5.56 Å². The monoisotopic (exact) mass is 428 g/mol. The number of nitrogens with two attached hydrogens (primary N) is 1. The van der Waals surface area contributed by atoms with Crippen molar-refractivity contribution in [3.05, 3.63) is 67.2 Å². The van der Waals surface area contributed by atoms with E-state index in [4.69, 9.17) is 10.8 Å². The van der Waals surface area contributed by atoms with E-state index >= 15 is 0 Å². The van der Waals surface area contributed by atoms with Crippen molar-refractivity contribution < 1.29 is 4.79 Å². The highest BCUT2D eigenvalue weighted by Gasteiger charge is 2.21. The van der Waals surface area contributed by atoms with Gasteiger partial charge >= 0.3 is 0 Å². The number of hydrogen-bond donors (Lipinski definition) is 2. The highest BCUT2D eigenvalue weighted by atomic mass is 79.9. The van der Waals surface area contributed by atoms with Crippen LogP contribution in [0, 0.1) is 6.92 Å². The third kappa shape index (κ3) is 2.58. The van der Waals surface area contributed by atoms with E-state index in [1.807, 2.05) is 31.2 Å². The molecule has 0 radical (unpaired) electrons. The van der Waals surface area contributed by atoms with Crippen LogP contribution in [-0.4, -0.2) is 20.7 Å². The summed E-state index contributed by atoms with van der Waals surface area (Å²) in [6, 6.07) is 9.50. The Hall–Kier alpha value is -2.71. The van der Waals surface area contributed by atoms with Crippen molar-refractivity contribution in [3.63, 3.8) is 0 Å². The van der Waals surface area contributed by atoms with E-state index in [0.29, 0.717) is 21.8 Å². The lowest BCUT2D eigenvalue weighted by Crippen LogP contribution is -2.11. The third-order valence-electron chi connectivity index (χ3n) is 4.14. The molecule has 4 aromatic rings. The molecular weight excluding hydrogens is 416 g/mol. The molecular formula is C18H13BrN4O2S. The maximum Gasteiger partial charge on any atom is 0.274 e. The molecule has 0 aliphatic heterocycles. The summed E-state index contributed by atoms with van der Waals surface area (Å²) in [7, 11) is 0. The smallest absolute Gasteiger partial charge is 0.274 e. The number of halogens is 1. The second kappa shape index (κ2) is 6.22. The molecule has 0 unspecified atom stereocenters. The number of carbonyl (C=O) groups is 1. The minimum Gasteiger partial charge on any atom is -0.365 e. The standard InChI is InChI=1S/C18H13BrN4O2S/c1-9-4-2-3-5-11(9)15-14-12(19)7-21-18(25)16(14)23(22-15)10-6-13(17(20)24)26-8-10/h2-8H,1H3,(H2,20,24)(H,21,25). The van der Waals surface area contributed by atoms with Gasteiger partial charge in [0.15, 0.2) is 0 Å². The number of aromatic nitrogens is 3. The number of hydrogen-bond acceptors (Lipinski definition) is 4. The van der Waals surface area contributed by atoms with Gasteiger partial charge in [-0.1, -0.05) is 24.3 Å². The Labute approximate surface area is 160 Å². The number of fused-ring (bicyclic) bond motifs is 1. The molecule has 0 bridgehead atoms. The average Bonchev–Trinajstić information content (AvgIpc) is 3.24. The van der Waals surface area contributed by atoms with Crippen molar-refractivity contribution >= 4 is 44.1 Å². The number of pyridine rings is 1. The number of nitrogens with one attached hydrogen (secondary N) is 1. The first kappa shape index (κ1) is 16.7. The normalized spacial score (nSPS) is 11.2. The van der Waals surface area contributed by atoms with Crippen LogP contribution in [0.25, 0.3) is 27.8 Å². The number of carbonyl (C=O) groups excluding carboxylic acids is 1. The van der Waals surface area contributed by atoms with Crippen molar-refractivity contribution in [2.24, 2.45) is 5.73 Å².